The summed E-state index contributed by atoms with van der Waals surface area (Å²) in [4.78, 5) is 4.56. The van der Waals surface area contributed by atoms with Crippen molar-refractivity contribution in [3.63, 3.8) is 0 Å². The minimum atomic E-state index is 0. The Labute approximate surface area is 132 Å². The average Bonchev–Trinajstić information content (AvgIpc) is 2.86. The number of aromatic nitrogens is 4. The Balaban J connectivity index is 0.00000156. The summed E-state index contributed by atoms with van der Waals surface area (Å²) in [6.07, 6.45) is 0. The van der Waals surface area contributed by atoms with Gasteiger partial charge in [0, 0.05) is 0 Å². The summed E-state index contributed by atoms with van der Waals surface area (Å²) < 4.78 is 3.29. The van der Waals surface area contributed by atoms with Gasteiger partial charge in [-0.1, -0.05) is 33.5 Å². The molecule has 0 aliphatic rings. The highest BCUT2D eigenvalue weighted by Crippen LogP contribution is 2.23. The first-order chi connectivity index (χ1) is 10.6. The van der Waals surface area contributed by atoms with Crippen LogP contribution in [0.1, 0.15) is 11.3 Å². The van der Waals surface area contributed by atoms with E-state index in [0.29, 0.717) is 5.52 Å². The number of hydrogen-bond donors (Lipinski definition) is 1. The molecule has 0 bridgehead atoms. The number of fused-ring (bicyclic) bond motifs is 3. The van der Waals surface area contributed by atoms with Crippen molar-refractivity contribution in [2.24, 2.45) is 0 Å². The lowest BCUT2D eigenvalue weighted by Crippen LogP contribution is -2.27. The first kappa shape index (κ1) is 14.9. The molecule has 2 aromatic heterocycles. The molecule has 2 aromatic carbocycles. The lowest BCUT2D eigenvalue weighted by atomic mass is 10.2. The van der Waals surface area contributed by atoms with Crippen LogP contribution < -0.4 is 4.52 Å². The fourth-order valence-corrected chi connectivity index (χ4v) is 2.76. The summed E-state index contributed by atoms with van der Waals surface area (Å²) in [5.41, 5.74) is 5.03. The standard InChI is InChI=1S/C17H14N4O.H2O/c1-11-6-5-7-13(10-11)20-17(22)16-12(2)18-14-8-3-4-9-15(14)21(16)19-20;/h3-10H,1-2H3;1H2. The number of aryl methyl sites for hydroxylation is 2. The van der Waals surface area contributed by atoms with E-state index in [1.165, 1.54) is 0 Å². The van der Waals surface area contributed by atoms with Crippen LogP contribution in [0.2, 0.25) is 0 Å². The largest absolute Gasteiger partial charge is 0.870 e. The van der Waals surface area contributed by atoms with Gasteiger partial charge >= 0.3 is 5.88 Å². The normalized spacial score (nSPS) is 10.9. The SMILES string of the molecule is Cc1cccc(-n2n[n+]3c(c(C)nc4ccccc43)c2O)c1.[OH-]. The van der Waals surface area contributed by atoms with Crippen LogP contribution in [0.15, 0.2) is 48.5 Å². The molecule has 23 heavy (non-hydrogen) atoms. The molecular formula is C17H16N4O2. The van der Waals surface area contributed by atoms with E-state index >= 15 is 0 Å². The van der Waals surface area contributed by atoms with E-state index < -0.39 is 0 Å². The van der Waals surface area contributed by atoms with E-state index in [2.05, 4.69) is 10.2 Å². The molecule has 6 heteroatoms. The Morgan fingerprint density at radius 1 is 1.04 bits per heavy atom. The third-order valence-corrected chi connectivity index (χ3v) is 3.79. The van der Waals surface area contributed by atoms with E-state index in [-0.39, 0.29) is 11.4 Å². The second-order valence-corrected chi connectivity index (χ2v) is 5.41. The van der Waals surface area contributed by atoms with Crippen molar-refractivity contribution in [2.75, 3.05) is 0 Å². The zero-order valence-corrected chi connectivity index (χ0v) is 12.8. The molecule has 2 N–H and O–H groups in total. The van der Waals surface area contributed by atoms with Crippen LogP contribution in [0.25, 0.3) is 22.2 Å². The second-order valence-electron chi connectivity index (χ2n) is 5.41. The van der Waals surface area contributed by atoms with Crippen LogP contribution in [0.4, 0.5) is 0 Å². The van der Waals surface area contributed by atoms with E-state index in [0.717, 1.165) is 28.0 Å². The molecule has 4 aromatic rings. The zero-order chi connectivity index (χ0) is 15.3. The van der Waals surface area contributed by atoms with Crippen molar-refractivity contribution in [3.8, 4) is 11.6 Å². The minimum Gasteiger partial charge on any atom is -0.870 e. The highest BCUT2D eigenvalue weighted by Gasteiger charge is 2.25. The van der Waals surface area contributed by atoms with Gasteiger partial charge in [-0.15, -0.1) is 0 Å². The minimum absolute atomic E-state index is 0. The van der Waals surface area contributed by atoms with Gasteiger partial charge in [0.05, 0.1) is 5.69 Å². The van der Waals surface area contributed by atoms with E-state index in [1.807, 2.05) is 62.4 Å². The van der Waals surface area contributed by atoms with Gasteiger partial charge in [-0.3, -0.25) is 0 Å². The van der Waals surface area contributed by atoms with Gasteiger partial charge in [-0.25, -0.2) is 4.98 Å². The number of nitrogens with zero attached hydrogens (tertiary/aromatic N) is 4. The van der Waals surface area contributed by atoms with Gasteiger partial charge < -0.3 is 10.6 Å². The number of benzene rings is 2. The molecule has 0 saturated carbocycles. The predicted octanol–water partition coefficient (Wildman–Crippen LogP) is 2.30. The van der Waals surface area contributed by atoms with Crippen LogP contribution in [0.5, 0.6) is 5.88 Å². The molecule has 0 amide bonds. The third kappa shape index (κ3) is 2.20. The lowest BCUT2D eigenvalue weighted by molar-refractivity contribution is -0.556. The average molecular weight is 308 g/mol. The highest BCUT2D eigenvalue weighted by molar-refractivity contribution is 5.74. The van der Waals surface area contributed by atoms with Crippen molar-refractivity contribution < 1.29 is 15.1 Å². The number of hydrogen-bond acceptors (Lipinski definition) is 4. The Bertz CT molecular complexity index is 1020. The topological polar surface area (TPSA) is 85.0 Å². The molecule has 0 aliphatic carbocycles. The van der Waals surface area contributed by atoms with Gasteiger partial charge in [0.25, 0.3) is 5.52 Å². The van der Waals surface area contributed by atoms with E-state index in [9.17, 15) is 5.11 Å². The van der Waals surface area contributed by atoms with Gasteiger partial charge in [0.2, 0.25) is 0 Å². The number of aromatic hydroxyl groups is 1. The Morgan fingerprint density at radius 2 is 1.83 bits per heavy atom. The van der Waals surface area contributed by atoms with Crippen molar-refractivity contribution >= 4 is 16.6 Å². The quantitative estimate of drug-likeness (QED) is 0.547. The van der Waals surface area contributed by atoms with Crippen molar-refractivity contribution in [3.05, 3.63) is 59.8 Å². The van der Waals surface area contributed by atoms with E-state index in [4.69, 9.17) is 0 Å². The molecule has 0 aliphatic heterocycles. The number of para-hydroxylation sites is 2. The molecule has 0 atom stereocenters. The monoisotopic (exact) mass is 308 g/mol. The zero-order valence-electron chi connectivity index (χ0n) is 12.8. The van der Waals surface area contributed by atoms with Crippen LogP contribution in [0.3, 0.4) is 0 Å². The van der Waals surface area contributed by atoms with Gasteiger partial charge in [-0.05, 0) is 43.7 Å². The molecule has 2 heterocycles. The van der Waals surface area contributed by atoms with Gasteiger partial charge in [0.15, 0.2) is 11.2 Å². The van der Waals surface area contributed by atoms with Crippen LogP contribution in [0, 0.1) is 13.8 Å². The molecule has 0 radical (unpaired) electrons. The van der Waals surface area contributed by atoms with Crippen molar-refractivity contribution in [2.45, 2.75) is 13.8 Å². The predicted molar refractivity (Wildman–Crippen MR) is 85.1 cm³/mol. The lowest BCUT2D eigenvalue weighted by Gasteiger charge is -1.96. The summed E-state index contributed by atoms with van der Waals surface area (Å²) in [6, 6.07) is 15.6. The second kappa shape index (κ2) is 5.33. The first-order valence-corrected chi connectivity index (χ1v) is 7.11. The summed E-state index contributed by atoms with van der Waals surface area (Å²) in [5.74, 6) is 0.0985. The van der Waals surface area contributed by atoms with Crippen molar-refractivity contribution in [1.29, 1.82) is 0 Å². The molecule has 116 valence electrons. The molecule has 6 nitrogen and oxygen atoms in total. The summed E-state index contributed by atoms with van der Waals surface area (Å²) in [6.45, 7) is 3.89. The molecule has 4 rings (SSSR count). The maximum absolute atomic E-state index is 10.6. The maximum atomic E-state index is 10.6. The molecule has 0 saturated heterocycles. The summed E-state index contributed by atoms with van der Waals surface area (Å²) in [7, 11) is 0. The summed E-state index contributed by atoms with van der Waals surface area (Å²) in [5, 5.41) is 15.2. The third-order valence-electron chi connectivity index (χ3n) is 3.79. The van der Waals surface area contributed by atoms with Crippen LogP contribution in [-0.2, 0) is 0 Å². The Morgan fingerprint density at radius 3 is 2.61 bits per heavy atom. The van der Waals surface area contributed by atoms with Crippen LogP contribution in [-0.4, -0.2) is 25.5 Å². The highest BCUT2D eigenvalue weighted by atomic mass is 16.3. The first-order valence-electron chi connectivity index (χ1n) is 7.11. The smallest absolute Gasteiger partial charge is 0.361 e. The molecule has 0 fully saturated rings. The van der Waals surface area contributed by atoms with Gasteiger partial charge in [-0.2, -0.15) is 0 Å². The molecular weight excluding hydrogens is 292 g/mol. The van der Waals surface area contributed by atoms with E-state index in [1.54, 1.807) is 9.20 Å². The molecule has 0 spiro atoms. The molecule has 0 unspecified atom stereocenters. The Kier molecular flexibility index (Phi) is 3.46. The maximum Gasteiger partial charge on any atom is 0.361 e. The van der Waals surface area contributed by atoms with Crippen LogP contribution >= 0.6 is 0 Å². The van der Waals surface area contributed by atoms with Crippen molar-refractivity contribution in [1.82, 2.24) is 14.9 Å². The number of rotatable bonds is 1. The fraction of sp³-hybridized carbons (Fsp3) is 0.118. The Hall–Kier alpha value is -2.99. The summed E-state index contributed by atoms with van der Waals surface area (Å²) >= 11 is 0. The fourth-order valence-electron chi connectivity index (χ4n) is 2.76. The van der Waals surface area contributed by atoms with Gasteiger partial charge in [0.1, 0.15) is 10.7 Å².